The van der Waals surface area contributed by atoms with Gasteiger partial charge in [-0.25, -0.2) is 0 Å². The summed E-state index contributed by atoms with van der Waals surface area (Å²) < 4.78 is 0. The first-order chi connectivity index (χ1) is 5.22. The molecule has 0 rings (SSSR count). The molecule has 1 atom stereocenters. The Morgan fingerprint density at radius 2 is 2.00 bits per heavy atom. The summed E-state index contributed by atoms with van der Waals surface area (Å²) in [6.45, 7) is 6.13. The van der Waals surface area contributed by atoms with E-state index in [0.717, 1.165) is 6.42 Å². The van der Waals surface area contributed by atoms with Crippen LogP contribution in [0.1, 0.15) is 27.2 Å². The summed E-state index contributed by atoms with van der Waals surface area (Å²) in [6.07, 6.45) is 0.728. The fourth-order valence-electron chi connectivity index (χ4n) is 0.718. The van der Waals surface area contributed by atoms with E-state index in [0.29, 0.717) is 6.54 Å². The van der Waals surface area contributed by atoms with Crippen molar-refractivity contribution in [2.75, 3.05) is 13.6 Å². The average Bonchev–Trinajstić information content (AvgIpc) is 2.03. The average molecular weight is 160 g/mol. The normalized spacial score (nSPS) is 11.4. The molecule has 3 N–H and O–H groups in total. The number of ketones is 1. The van der Waals surface area contributed by atoms with Crippen molar-refractivity contribution in [1.82, 2.24) is 5.32 Å². The summed E-state index contributed by atoms with van der Waals surface area (Å²) in [6, 6.07) is -0.0463. The Hall–Kier alpha value is -0.410. The quantitative estimate of drug-likeness (QED) is 0.631. The summed E-state index contributed by atoms with van der Waals surface area (Å²) in [5, 5.41) is 2.87. The molecule has 11 heavy (non-hydrogen) atoms. The standard InChI is InChI=1S/C6H14N2O.C2H6/c1-5(9)6(8-2)3-4-7;1-2/h6,8H,3-4,7H2,1-2H3;1-2H3. The van der Waals surface area contributed by atoms with Gasteiger partial charge < -0.3 is 11.1 Å². The molecule has 0 aliphatic carbocycles. The van der Waals surface area contributed by atoms with E-state index in [4.69, 9.17) is 5.73 Å². The highest BCUT2D eigenvalue weighted by molar-refractivity contribution is 5.81. The second-order valence-corrected chi connectivity index (χ2v) is 2.03. The summed E-state index contributed by atoms with van der Waals surface area (Å²) in [5.74, 6) is 0.156. The summed E-state index contributed by atoms with van der Waals surface area (Å²) in [5.41, 5.74) is 5.25. The van der Waals surface area contributed by atoms with Crippen molar-refractivity contribution in [3.05, 3.63) is 0 Å². The Kier molecular flexibility index (Phi) is 11.5. The van der Waals surface area contributed by atoms with Crippen molar-refractivity contribution in [3.8, 4) is 0 Å². The van der Waals surface area contributed by atoms with Gasteiger partial charge in [-0.1, -0.05) is 13.8 Å². The maximum Gasteiger partial charge on any atom is 0.146 e. The van der Waals surface area contributed by atoms with Gasteiger partial charge in [-0.3, -0.25) is 4.79 Å². The van der Waals surface area contributed by atoms with Gasteiger partial charge >= 0.3 is 0 Å². The number of Topliss-reactive ketones (excluding diaryl/α,β-unsaturated/α-hetero) is 1. The van der Waals surface area contributed by atoms with E-state index in [1.807, 2.05) is 13.8 Å². The molecular weight excluding hydrogens is 140 g/mol. The second-order valence-electron chi connectivity index (χ2n) is 2.03. The fraction of sp³-hybridized carbons (Fsp3) is 0.875. The lowest BCUT2D eigenvalue weighted by atomic mass is 10.1. The number of hydrogen-bond donors (Lipinski definition) is 2. The highest BCUT2D eigenvalue weighted by atomic mass is 16.1. The molecule has 0 amide bonds. The van der Waals surface area contributed by atoms with Gasteiger partial charge in [-0.05, 0) is 26.9 Å². The molecule has 1 unspecified atom stereocenters. The van der Waals surface area contributed by atoms with Crippen LogP contribution in [0, 0.1) is 0 Å². The lowest BCUT2D eigenvalue weighted by Gasteiger charge is -2.09. The van der Waals surface area contributed by atoms with Crippen molar-refractivity contribution in [1.29, 1.82) is 0 Å². The maximum absolute atomic E-state index is 10.6. The number of carbonyl (C=O) groups is 1. The third-order valence-corrected chi connectivity index (χ3v) is 1.29. The van der Waals surface area contributed by atoms with E-state index in [1.165, 1.54) is 0 Å². The summed E-state index contributed by atoms with van der Waals surface area (Å²) in [4.78, 5) is 10.6. The molecule has 0 aliphatic heterocycles. The zero-order valence-corrected chi connectivity index (χ0v) is 7.98. The van der Waals surface area contributed by atoms with Crippen molar-refractivity contribution < 1.29 is 4.79 Å². The monoisotopic (exact) mass is 160 g/mol. The van der Waals surface area contributed by atoms with Gasteiger partial charge in [-0.2, -0.15) is 0 Å². The lowest BCUT2D eigenvalue weighted by molar-refractivity contribution is -0.118. The van der Waals surface area contributed by atoms with E-state index in [9.17, 15) is 4.79 Å². The Morgan fingerprint density at radius 1 is 1.55 bits per heavy atom. The number of nitrogens with one attached hydrogen (secondary N) is 1. The Bertz CT molecular complexity index is 94.1. The van der Waals surface area contributed by atoms with E-state index in [2.05, 4.69) is 5.32 Å². The fourth-order valence-corrected chi connectivity index (χ4v) is 0.718. The van der Waals surface area contributed by atoms with Crippen LogP contribution in [0.2, 0.25) is 0 Å². The van der Waals surface area contributed by atoms with Crippen LogP contribution in [-0.4, -0.2) is 25.4 Å². The molecule has 3 nitrogen and oxygen atoms in total. The molecule has 0 radical (unpaired) electrons. The van der Waals surface area contributed by atoms with Crippen molar-refractivity contribution in [3.63, 3.8) is 0 Å². The van der Waals surface area contributed by atoms with E-state index >= 15 is 0 Å². The lowest BCUT2D eigenvalue weighted by Crippen LogP contribution is -2.34. The largest absolute Gasteiger partial charge is 0.330 e. The van der Waals surface area contributed by atoms with E-state index in [1.54, 1.807) is 14.0 Å². The Labute approximate surface area is 69.4 Å². The van der Waals surface area contributed by atoms with Crippen molar-refractivity contribution in [2.45, 2.75) is 33.2 Å². The minimum Gasteiger partial charge on any atom is -0.330 e. The van der Waals surface area contributed by atoms with Crippen LogP contribution in [0.5, 0.6) is 0 Å². The molecule has 3 heteroatoms. The molecule has 0 aliphatic rings. The molecule has 0 heterocycles. The van der Waals surface area contributed by atoms with Gasteiger partial charge in [-0.15, -0.1) is 0 Å². The predicted molar refractivity (Wildman–Crippen MR) is 48.5 cm³/mol. The Balaban J connectivity index is 0. The predicted octanol–water partition coefficient (Wildman–Crippen LogP) is 0.538. The zero-order valence-electron chi connectivity index (χ0n) is 7.98. The Morgan fingerprint density at radius 3 is 2.09 bits per heavy atom. The summed E-state index contributed by atoms with van der Waals surface area (Å²) in [7, 11) is 1.77. The van der Waals surface area contributed by atoms with E-state index < -0.39 is 0 Å². The van der Waals surface area contributed by atoms with Gasteiger partial charge in [0.2, 0.25) is 0 Å². The van der Waals surface area contributed by atoms with Crippen LogP contribution in [0.25, 0.3) is 0 Å². The molecule has 0 bridgehead atoms. The van der Waals surface area contributed by atoms with Crippen LogP contribution in [-0.2, 0) is 4.79 Å². The first-order valence-electron chi connectivity index (χ1n) is 4.10. The highest BCUT2D eigenvalue weighted by Crippen LogP contribution is 1.88. The topological polar surface area (TPSA) is 55.1 Å². The van der Waals surface area contributed by atoms with Gasteiger partial charge in [0, 0.05) is 0 Å². The van der Waals surface area contributed by atoms with Crippen LogP contribution in [0.15, 0.2) is 0 Å². The molecule has 0 saturated heterocycles. The van der Waals surface area contributed by atoms with Crippen LogP contribution in [0.3, 0.4) is 0 Å². The molecule has 0 aromatic rings. The molecular formula is C8H20N2O. The van der Waals surface area contributed by atoms with Crippen LogP contribution >= 0.6 is 0 Å². The molecule has 0 aromatic carbocycles. The molecule has 0 fully saturated rings. The van der Waals surface area contributed by atoms with Gasteiger partial charge in [0.15, 0.2) is 0 Å². The highest BCUT2D eigenvalue weighted by Gasteiger charge is 2.08. The molecule has 0 spiro atoms. The van der Waals surface area contributed by atoms with Crippen molar-refractivity contribution in [2.24, 2.45) is 5.73 Å². The van der Waals surface area contributed by atoms with Crippen LogP contribution < -0.4 is 11.1 Å². The number of hydrogen-bond acceptors (Lipinski definition) is 3. The van der Waals surface area contributed by atoms with Crippen LogP contribution in [0.4, 0.5) is 0 Å². The van der Waals surface area contributed by atoms with Gasteiger partial charge in [0.05, 0.1) is 6.04 Å². The first-order valence-corrected chi connectivity index (χ1v) is 4.10. The second kappa shape index (κ2) is 9.59. The number of likely N-dealkylation sites (N-methyl/N-ethyl adjacent to an activating group) is 1. The minimum atomic E-state index is -0.0463. The van der Waals surface area contributed by atoms with Gasteiger partial charge in [0.1, 0.15) is 5.78 Å². The number of rotatable bonds is 4. The smallest absolute Gasteiger partial charge is 0.146 e. The summed E-state index contributed by atoms with van der Waals surface area (Å²) >= 11 is 0. The molecule has 68 valence electrons. The SMILES string of the molecule is CC.CNC(CCN)C(C)=O. The first kappa shape index (κ1) is 13.2. The third-order valence-electron chi connectivity index (χ3n) is 1.29. The number of carbonyl (C=O) groups excluding carboxylic acids is 1. The van der Waals surface area contributed by atoms with E-state index in [-0.39, 0.29) is 11.8 Å². The van der Waals surface area contributed by atoms with Gasteiger partial charge in [0.25, 0.3) is 0 Å². The number of nitrogens with two attached hydrogens (primary N) is 1. The maximum atomic E-state index is 10.6. The van der Waals surface area contributed by atoms with Crippen molar-refractivity contribution >= 4 is 5.78 Å². The molecule has 0 saturated carbocycles. The minimum absolute atomic E-state index is 0.0463. The zero-order chi connectivity index (χ0) is 9.28. The molecule has 0 aromatic heterocycles. The third kappa shape index (κ3) is 7.49.